The number of hydrogen-bond acceptors (Lipinski definition) is 4. The van der Waals surface area contributed by atoms with Crippen molar-refractivity contribution in [2.45, 2.75) is 12.8 Å². The van der Waals surface area contributed by atoms with Gasteiger partial charge in [-0.2, -0.15) is 0 Å². The maximum atomic E-state index is 9.30. The number of nitrogens with one attached hydrogen (secondary N) is 1. The molecular weight excluding hydrogens is 154 g/mol. The first kappa shape index (κ1) is 8.96. The summed E-state index contributed by atoms with van der Waals surface area (Å²) in [5.74, 6) is 5.36. The Morgan fingerprint density at radius 2 is 2.42 bits per heavy atom. The average molecular weight is 167 g/mol. The molecule has 1 aromatic rings. The van der Waals surface area contributed by atoms with Crippen LogP contribution in [-0.2, 0) is 6.42 Å². The lowest BCUT2D eigenvalue weighted by molar-refractivity contribution is 0.462. The predicted octanol–water partition coefficient (Wildman–Crippen LogP) is 0.183. The molecule has 1 aromatic heterocycles. The van der Waals surface area contributed by atoms with E-state index < -0.39 is 0 Å². The Bertz CT molecular complexity index is 239. The van der Waals surface area contributed by atoms with Gasteiger partial charge in [0, 0.05) is 12.7 Å². The molecule has 0 saturated heterocycles. The molecular formula is C8H13N3O. The minimum atomic E-state index is 0.259. The molecule has 0 amide bonds. The van der Waals surface area contributed by atoms with Crippen LogP contribution in [0.25, 0.3) is 0 Å². The summed E-state index contributed by atoms with van der Waals surface area (Å²) >= 11 is 0. The van der Waals surface area contributed by atoms with Crippen molar-refractivity contribution < 1.29 is 5.11 Å². The molecule has 0 atom stereocenters. The number of hydrazine groups is 1. The molecule has 0 spiro atoms. The van der Waals surface area contributed by atoms with Gasteiger partial charge in [0.2, 0.25) is 0 Å². The number of hydrogen-bond donors (Lipinski definition) is 3. The van der Waals surface area contributed by atoms with Crippen LogP contribution in [0.3, 0.4) is 0 Å². The quantitative estimate of drug-likeness (QED) is 0.340. The summed E-state index contributed by atoms with van der Waals surface area (Å²) in [4.78, 5) is 4.03. The number of nitrogens with zero attached hydrogens (tertiary/aromatic N) is 1. The standard InChI is InChI=1S/C8H13N3O/c9-11-6-1-3-7-8(12)4-2-5-10-7/h2,4-5,11-12H,1,3,6,9H2. The van der Waals surface area contributed by atoms with E-state index in [1.165, 1.54) is 0 Å². The van der Waals surface area contributed by atoms with E-state index in [1.54, 1.807) is 18.3 Å². The largest absolute Gasteiger partial charge is 0.506 e. The minimum absolute atomic E-state index is 0.259. The number of rotatable bonds is 4. The molecule has 4 N–H and O–H groups in total. The molecule has 0 unspecified atom stereocenters. The van der Waals surface area contributed by atoms with Gasteiger partial charge in [-0.3, -0.25) is 16.3 Å². The van der Waals surface area contributed by atoms with Crippen LogP contribution < -0.4 is 11.3 Å². The SMILES string of the molecule is NNCCCc1ncccc1O. The van der Waals surface area contributed by atoms with Crippen LogP contribution in [-0.4, -0.2) is 16.6 Å². The fourth-order valence-corrected chi connectivity index (χ4v) is 0.980. The lowest BCUT2D eigenvalue weighted by atomic mass is 10.2. The molecule has 1 rings (SSSR count). The molecule has 0 aromatic carbocycles. The highest BCUT2D eigenvalue weighted by molar-refractivity contribution is 5.24. The molecule has 0 aliphatic carbocycles. The second-order valence-electron chi connectivity index (χ2n) is 2.53. The Morgan fingerprint density at radius 3 is 3.08 bits per heavy atom. The van der Waals surface area contributed by atoms with Crippen LogP contribution in [0.1, 0.15) is 12.1 Å². The topological polar surface area (TPSA) is 71.2 Å². The third kappa shape index (κ3) is 2.48. The fourth-order valence-electron chi connectivity index (χ4n) is 0.980. The van der Waals surface area contributed by atoms with Gasteiger partial charge in [0.05, 0.1) is 5.69 Å². The van der Waals surface area contributed by atoms with E-state index in [0.717, 1.165) is 25.1 Å². The van der Waals surface area contributed by atoms with Gasteiger partial charge in [-0.1, -0.05) is 0 Å². The van der Waals surface area contributed by atoms with E-state index >= 15 is 0 Å². The normalized spacial score (nSPS) is 10.1. The van der Waals surface area contributed by atoms with Crippen molar-refractivity contribution in [2.24, 2.45) is 5.84 Å². The first-order valence-electron chi connectivity index (χ1n) is 3.91. The van der Waals surface area contributed by atoms with Gasteiger partial charge < -0.3 is 5.11 Å². The van der Waals surface area contributed by atoms with Crippen molar-refractivity contribution in [1.29, 1.82) is 0 Å². The maximum Gasteiger partial charge on any atom is 0.137 e. The molecule has 1 heterocycles. The Morgan fingerprint density at radius 1 is 1.58 bits per heavy atom. The smallest absolute Gasteiger partial charge is 0.137 e. The highest BCUT2D eigenvalue weighted by Crippen LogP contribution is 2.13. The Kier molecular flexibility index (Phi) is 3.50. The lowest BCUT2D eigenvalue weighted by Crippen LogP contribution is -2.23. The molecule has 0 aliphatic rings. The Hall–Kier alpha value is -1.13. The van der Waals surface area contributed by atoms with E-state index in [0.29, 0.717) is 0 Å². The molecule has 4 nitrogen and oxygen atoms in total. The van der Waals surface area contributed by atoms with Crippen molar-refractivity contribution in [3.05, 3.63) is 24.0 Å². The van der Waals surface area contributed by atoms with Crippen LogP contribution in [0.4, 0.5) is 0 Å². The van der Waals surface area contributed by atoms with E-state index in [2.05, 4.69) is 10.4 Å². The van der Waals surface area contributed by atoms with Crippen LogP contribution in [0, 0.1) is 0 Å². The summed E-state index contributed by atoms with van der Waals surface area (Å²) in [6.45, 7) is 0.732. The van der Waals surface area contributed by atoms with Crippen molar-refractivity contribution in [3.63, 3.8) is 0 Å². The third-order valence-corrected chi connectivity index (χ3v) is 1.60. The number of aryl methyl sites for hydroxylation is 1. The van der Waals surface area contributed by atoms with E-state index in [-0.39, 0.29) is 5.75 Å². The van der Waals surface area contributed by atoms with Gasteiger partial charge in [0.1, 0.15) is 5.75 Å². The number of nitrogens with two attached hydrogens (primary N) is 1. The average Bonchev–Trinajstić information content (AvgIpc) is 2.09. The second-order valence-corrected chi connectivity index (χ2v) is 2.53. The van der Waals surface area contributed by atoms with E-state index in [1.807, 2.05) is 0 Å². The van der Waals surface area contributed by atoms with E-state index in [4.69, 9.17) is 5.84 Å². The highest BCUT2D eigenvalue weighted by Gasteiger charge is 1.99. The van der Waals surface area contributed by atoms with Gasteiger partial charge in [0.25, 0.3) is 0 Å². The van der Waals surface area contributed by atoms with Gasteiger partial charge in [-0.25, -0.2) is 0 Å². The number of pyridine rings is 1. The summed E-state index contributed by atoms with van der Waals surface area (Å²) in [7, 11) is 0. The Balaban J connectivity index is 2.46. The van der Waals surface area contributed by atoms with E-state index in [9.17, 15) is 5.11 Å². The van der Waals surface area contributed by atoms with Gasteiger partial charge in [-0.05, 0) is 25.0 Å². The van der Waals surface area contributed by atoms with Crippen molar-refractivity contribution >= 4 is 0 Å². The second kappa shape index (κ2) is 4.69. The molecule has 0 saturated carbocycles. The molecule has 4 heteroatoms. The Labute approximate surface area is 71.4 Å². The number of aromatic hydroxyl groups is 1. The zero-order valence-corrected chi connectivity index (χ0v) is 6.83. The van der Waals surface area contributed by atoms with Gasteiger partial charge in [0.15, 0.2) is 0 Å². The zero-order chi connectivity index (χ0) is 8.81. The zero-order valence-electron chi connectivity index (χ0n) is 6.83. The monoisotopic (exact) mass is 167 g/mol. The molecule has 0 aliphatic heterocycles. The third-order valence-electron chi connectivity index (χ3n) is 1.60. The summed E-state index contributed by atoms with van der Waals surface area (Å²) in [6, 6.07) is 3.35. The molecule has 0 fully saturated rings. The lowest BCUT2D eigenvalue weighted by Gasteiger charge is -2.01. The summed E-state index contributed by atoms with van der Waals surface area (Å²) in [5, 5.41) is 9.30. The van der Waals surface area contributed by atoms with Crippen molar-refractivity contribution in [3.8, 4) is 5.75 Å². The molecule has 0 bridgehead atoms. The van der Waals surface area contributed by atoms with Crippen LogP contribution >= 0.6 is 0 Å². The fraction of sp³-hybridized carbons (Fsp3) is 0.375. The van der Waals surface area contributed by atoms with Crippen LogP contribution in [0.15, 0.2) is 18.3 Å². The minimum Gasteiger partial charge on any atom is -0.506 e. The molecule has 12 heavy (non-hydrogen) atoms. The number of aromatic nitrogens is 1. The maximum absolute atomic E-state index is 9.30. The molecule has 0 radical (unpaired) electrons. The van der Waals surface area contributed by atoms with Crippen LogP contribution in [0.5, 0.6) is 5.75 Å². The first-order chi connectivity index (χ1) is 5.84. The summed E-state index contributed by atoms with van der Waals surface area (Å²) in [5.41, 5.74) is 3.28. The summed E-state index contributed by atoms with van der Waals surface area (Å²) in [6.07, 6.45) is 3.29. The van der Waals surface area contributed by atoms with Crippen LogP contribution in [0.2, 0.25) is 0 Å². The van der Waals surface area contributed by atoms with Gasteiger partial charge >= 0.3 is 0 Å². The first-order valence-corrected chi connectivity index (χ1v) is 3.91. The predicted molar refractivity (Wildman–Crippen MR) is 46.4 cm³/mol. The van der Waals surface area contributed by atoms with Crippen molar-refractivity contribution in [1.82, 2.24) is 10.4 Å². The highest BCUT2D eigenvalue weighted by atomic mass is 16.3. The van der Waals surface area contributed by atoms with Gasteiger partial charge in [-0.15, -0.1) is 0 Å². The van der Waals surface area contributed by atoms with Crippen molar-refractivity contribution in [2.75, 3.05) is 6.54 Å². The molecule has 66 valence electrons. The summed E-state index contributed by atoms with van der Waals surface area (Å²) < 4.78 is 0.